The molecule has 106 valence electrons. The first-order valence-electron chi connectivity index (χ1n) is 6.95. The molecular formula is C17H21NO2. The third kappa shape index (κ3) is 4.37. The van der Waals surface area contributed by atoms with Crippen LogP contribution in [0.15, 0.2) is 54.6 Å². The van der Waals surface area contributed by atoms with Crippen molar-refractivity contribution in [3.63, 3.8) is 0 Å². The number of hydrogen-bond donors (Lipinski definition) is 2. The van der Waals surface area contributed by atoms with Crippen LogP contribution in [0.25, 0.3) is 0 Å². The van der Waals surface area contributed by atoms with Gasteiger partial charge in [-0.15, -0.1) is 0 Å². The Hall–Kier alpha value is -1.84. The number of hydrogen-bond acceptors (Lipinski definition) is 3. The Morgan fingerprint density at radius 2 is 1.90 bits per heavy atom. The van der Waals surface area contributed by atoms with Gasteiger partial charge in [0, 0.05) is 6.54 Å². The largest absolute Gasteiger partial charge is 0.491 e. The number of nitrogens with one attached hydrogen (secondary N) is 1. The van der Waals surface area contributed by atoms with Crippen LogP contribution in [0.1, 0.15) is 24.2 Å². The molecule has 2 N–H and O–H groups in total. The zero-order chi connectivity index (χ0) is 14.2. The summed E-state index contributed by atoms with van der Waals surface area (Å²) in [5.41, 5.74) is 2.05. The molecule has 2 aromatic carbocycles. The molecule has 2 rings (SSSR count). The van der Waals surface area contributed by atoms with Crippen molar-refractivity contribution in [1.82, 2.24) is 5.32 Å². The second kappa shape index (κ2) is 7.68. The van der Waals surface area contributed by atoms with Gasteiger partial charge in [-0.1, -0.05) is 49.4 Å². The molecule has 0 saturated heterocycles. The van der Waals surface area contributed by atoms with E-state index in [-0.39, 0.29) is 6.61 Å². The second-order valence-electron chi connectivity index (χ2n) is 4.67. The van der Waals surface area contributed by atoms with Crippen LogP contribution < -0.4 is 10.1 Å². The molecule has 0 aliphatic rings. The summed E-state index contributed by atoms with van der Waals surface area (Å²) >= 11 is 0. The minimum atomic E-state index is -0.603. The van der Waals surface area contributed by atoms with Gasteiger partial charge in [0.1, 0.15) is 18.5 Å². The molecule has 0 aromatic heterocycles. The van der Waals surface area contributed by atoms with Crippen LogP contribution in [0.2, 0.25) is 0 Å². The fourth-order valence-corrected chi connectivity index (χ4v) is 1.96. The average Bonchev–Trinajstić information content (AvgIpc) is 2.52. The molecule has 0 saturated carbocycles. The number of rotatable bonds is 7. The smallest absolute Gasteiger partial charge is 0.119 e. The normalized spacial score (nSPS) is 12.1. The molecule has 0 radical (unpaired) electrons. The molecular weight excluding hydrogens is 250 g/mol. The first-order chi connectivity index (χ1) is 9.79. The molecule has 1 atom stereocenters. The lowest BCUT2D eigenvalue weighted by atomic mass is 10.1. The molecule has 20 heavy (non-hydrogen) atoms. The minimum Gasteiger partial charge on any atom is -0.491 e. The van der Waals surface area contributed by atoms with E-state index >= 15 is 0 Å². The van der Waals surface area contributed by atoms with E-state index in [1.165, 1.54) is 5.56 Å². The maximum absolute atomic E-state index is 10.1. The van der Waals surface area contributed by atoms with Gasteiger partial charge in [-0.05, 0) is 29.8 Å². The van der Waals surface area contributed by atoms with Crippen LogP contribution in [0, 0.1) is 0 Å². The summed E-state index contributed by atoms with van der Waals surface area (Å²) in [5.74, 6) is 0.787. The van der Waals surface area contributed by atoms with E-state index < -0.39 is 6.10 Å². The Morgan fingerprint density at radius 3 is 2.65 bits per heavy atom. The van der Waals surface area contributed by atoms with Gasteiger partial charge in [-0.3, -0.25) is 0 Å². The Labute approximate surface area is 120 Å². The van der Waals surface area contributed by atoms with Crippen molar-refractivity contribution in [3.8, 4) is 5.75 Å². The van der Waals surface area contributed by atoms with Gasteiger partial charge in [0.05, 0.1) is 0 Å². The first-order valence-corrected chi connectivity index (χ1v) is 6.95. The molecule has 0 aliphatic heterocycles. The predicted molar refractivity (Wildman–Crippen MR) is 80.7 cm³/mol. The molecule has 1 unspecified atom stereocenters. The van der Waals surface area contributed by atoms with E-state index in [1.807, 2.05) is 48.5 Å². The fraction of sp³-hybridized carbons (Fsp3) is 0.294. The van der Waals surface area contributed by atoms with Gasteiger partial charge >= 0.3 is 0 Å². The van der Waals surface area contributed by atoms with E-state index in [4.69, 9.17) is 4.74 Å². The van der Waals surface area contributed by atoms with E-state index in [9.17, 15) is 5.11 Å². The SMILES string of the molecule is CCNCc1cccc(OCC(O)c2ccccc2)c1. The molecule has 0 fully saturated rings. The topological polar surface area (TPSA) is 41.5 Å². The second-order valence-corrected chi connectivity index (χ2v) is 4.67. The summed E-state index contributed by atoms with van der Waals surface area (Å²) in [4.78, 5) is 0. The van der Waals surface area contributed by atoms with E-state index in [0.29, 0.717) is 0 Å². The summed E-state index contributed by atoms with van der Waals surface area (Å²) in [5, 5.41) is 13.3. The summed E-state index contributed by atoms with van der Waals surface area (Å²) in [6.07, 6.45) is -0.603. The van der Waals surface area contributed by atoms with Gasteiger partial charge in [0.25, 0.3) is 0 Å². The predicted octanol–water partition coefficient (Wildman–Crippen LogP) is 2.91. The molecule has 2 aromatic rings. The molecule has 0 amide bonds. The van der Waals surface area contributed by atoms with Gasteiger partial charge in [0.15, 0.2) is 0 Å². The maximum atomic E-state index is 10.1. The fourth-order valence-electron chi connectivity index (χ4n) is 1.96. The Balaban J connectivity index is 1.90. The Morgan fingerprint density at radius 1 is 1.10 bits per heavy atom. The minimum absolute atomic E-state index is 0.259. The zero-order valence-electron chi connectivity index (χ0n) is 11.8. The van der Waals surface area contributed by atoms with E-state index in [2.05, 4.69) is 18.3 Å². The van der Waals surface area contributed by atoms with Crippen molar-refractivity contribution < 1.29 is 9.84 Å². The lowest BCUT2D eigenvalue weighted by molar-refractivity contribution is 0.108. The maximum Gasteiger partial charge on any atom is 0.119 e. The average molecular weight is 271 g/mol. The van der Waals surface area contributed by atoms with Gasteiger partial charge in [-0.25, -0.2) is 0 Å². The summed E-state index contributed by atoms with van der Waals surface area (Å²) in [7, 11) is 0. The Kier molecular flexibility index (Phi) is 5.59. The number of aliphatic hydroxyl groups excluding tert-OH is 1. The lowest BCUT2D eigenvalue weighted by Crippen LogP contribution is -2.12. The molecule has 0 heterocycles. The third-order valence-electron chi connectivity index (χ3n) is 3.07. The van der Waals surface area contributed by atoms with Crippen molar-refractivity contribution >= 4 is 0 Å². The first kappa shape index (κ1) is 14.6. The summed E-state index contributed by atoms with van der Waals surface area (Å²) < 4.78 is 5.67. The van der Waals surface area contributed by atoms with Crippen molar-refractivity contribution in [1.29, 1.82) is 0 Å². The van der Waals surface area contributed by atoms with E-state index in [0.717, 1.165) is 24.4 Å². The summed E-state index contributed by atoms with van der Waals surface area (Å²) in [6.45, 7) is 4.11. The van der Waals surface area contributed by atoms with Crippen LogP contribution >= 0.6 is 0 Å². The highest BCUT2D eigenvalue weighted by Crippen LogP contribution is 2.17. The summed E-state index contributed by atoms with van der Waals surface area (Å²) in [6, 6.07) is 17.5. The van der Waals surface area contributed by atoms with E-state index in [1.54, 1.807) is 0 Å². The number of ether oxygens (including phenoxy) is 1. The molecule has 3 nitrogen and oxygen atoms in total. The van der Waals surface area contributed by atoms with Crippen LogP contribution in [-0.4, -0.2) is 18.3 Å². The lowest BCUT2D eigenvalue weighted by Gasteiger charge is -2.13. The van der Waals surface area contributed by atoms with Crippen molar-refractivity contribution in [2.45, 2.75) is 19.6 Å². The van der Waals surface area contributed by atoms with Crippen LogP contribution in [-0.2, 0) is 6.54 Å². The number of aliphatic hydroxyl groups is 1. The molecule has 0 bridgehead atoms. The highest BCUT2D eigenvalue weighted by Gasteiger charge is 2.07. The van der Waals surface area contributed by atoms with Crippen molar-refractivity contribution in [2.75, 3.05) is 13.2 Å². The highest BCUT2D eigenvalue weighted by molar-refractivity contribution is 5.28. The quantitative estimate of drug-likeness (QED) is 0.813. The molecule has 0 aliphatic carbocycles. The van der Waals surface area contributed by atoms with Crippen molar-refractivity contribution in [3.05, 3.63) is 65.7 Å². The van der Waals surface area contributed by atoms with Crippen LogP contribution in [0.3, 0.4) is 0 Å². The molecule has 0 spiro atoms. The zero-order valence-corrected chi connectivity index (χ0v) is 11.8. The Bertz CT molecular complexity index is 513. The standard InChI is InChI=1S/C17H21NO2/c1-2-18-12-14-7-6-10-16(11-14)20-13-17(19)15-8-4-3-5-9-15/h3-11,17-19H,2,12-13H2,1H3. The number of benzene rings is 2. The van der Waals surface area contributed by atoms with Crippen LogP contribution in [0.5, 0.6) is 5.75 Å². The van der Waals surface area contributed by atoms with Gasteiger partial charge in [0.2, 0.25) is 0 Å². The highest BCUT2D eigenvalue weighted by atomic mass is 16.5. The van der Waals surface area contributed by atoms with Gasteiger partial charge < -0.3 is 15.2 Å². The monoisotopic (exact) mass is 271 g/mol. The molecule has 3 heteroatoms. The van der Waals surface area contributed by atoms with Crippen molar-refractivity contribution in [2.24, 2.45) is 0 Å². The van der Waals surface area contributed by atoms with Gasteiger partial charge in [-0.2, -0.15) is 0 Å². The van der Waals surface area contributed by atoms with Crippen LogP contribution in [0.4, 0.5) is 0 Å². The third-order valence-corrected chi connectivity index (χ3v) is 3.07.